The zero-order valence-corrected chi connectivity index (χ0v) is 19.9. The van der Waals surface area contributed by atoms with Gasteiger partial charge in [-0.15, -0.1) is 0 Å². The Balaban J connectivity index is 4.70. The third kappa shape index (κ3) is 7.65. The van der Waals surface area contributed by atoms with Crippen LogP contribution in [-0.4, -0.2) is 73.4 Å². The Labute approximate surface area is 162 Å². The second kappa shape index (κ2) is 15.1. The standard InChI is InChI=1S/C17H41NO6Si2/c1-8-9-10-11-12-13-15-18-16-14-17(25(19-2,20-3)21-4)26(22-5,23-6)24-7/h17-18H,8-16H2,1-7H3. The summed E-state index contributed by atoms with van der Waals surface area (Å²) in [5, 5.41) is 3.30. The van der Waals surface area contributed by atoms with Crippen LogP contribution in [0.4, 0.5) is 0 Å². The van der Waals surface area contributed by atoms with Gasteiger partial charge in [-0.1, -0.05) is 39.0 Å². The molecule has 0 spiro atoms. The molecule has 0 aromatic rings. The van der Waals surface area contributed by atoms with E-state index >= 15 is 0 Å². The Hall–Kier alpha value is 0.154. The van der Waals surface area contributed by atoms with Gasteiger partial charge in [-0.3, -0.25) is 0 Å². The highest BCUT2D eigenvalue weighted by molar-refractivity contribution is 6.82. The summed E-state index contributed by atoms with van der Waals surface area (Å²) < 4.78 is 34.2. The largest absolute Gasteiger partial charge is 0.508 e. The number of hydrogen-bond acceptors (Lipinski definition) is 7. The molecule has 7 nitrogen and oxygen atoms in total. The van der Waals surface area contributed by atoms with Gasteiger partial charge in [0.1, 0.15) is 5.16 Å². The molecule has 0 amide bonds. The van der Waals surface area contributed by atoms with E-state index in [4.69, 9.17) is 26.6 Å². The van der Waals surface area contributed by atoms with Crippen LogP contribution in [0, 0.1) is 0 Å². The lowest BCUT2D eigenvalue weighted by Crippen LogP contribution is -2.62. The number of nitrogens with one attached hydrogen (secondary N) is 1. The molecule has 0 aliphatic rings. The number of hydrogen-bond donors (Lipinski definition) is 1. The van der Waals surface area contributed by atoms with Crippen LogP contribution in [0.1, 0.15) is 51.9 Å². The molecule has 0 saturated heterocycles. The first-order valence-electron chi connectivity index (χ1n) is 9.57. The quantitative estimate of drug-likeness (QED) is 0.275. The summed E-state index contributed by atoms with van der Waals surface area (Å²) in [6.45, 7) is 4.04. The maximum atomic E-state index is 5.70. The van der Waals surface area contributed by atoms with Crippen molar-refractivity contribution in [2.45, 2.75) is 57.0 Å². The SMILES string of the molecule is CCCCCCCCNCCC([Si](OC)(OC)OC)[Si](OC)(OC)OC. The molecule has 158 valence electrons. The molecule has 0 saturated carbocycles. The maximum Gasteiger partial charge on any atom is 0.508 e. The van der Waals surface area contributed by atoms with Crippen molar-refractivity contribution in [3.63, 3.8) is 0 Å². The van der Waals surface area contributed by atoms with E-state index in [-0.39, 0.29) is 5.16 Å². The van der Waals surface area contributed by atoms with Gasteiger partial charge in [0.25, 0.3) is 0 Å². The Bertz CT molecular complexity index is 294. The molecule has 0 aliphatic carbocycles. The summed E-state index contributed by atoms with van der Waals surface area (Å²) in [6, 6.07) is 0. The van der Waals surface area contributed by atoms with Crippen LogP contribution in [0.25, 0.3) is 0 Å². The highest BCUT2D eigenvalue weighted by Crippen LogP contribution is 2.37. The van der Waals surface area contributed by atoms with Gasteiger partial charge >= 0.3 is 17.6 Å². The molecule has 0 aromatic heterocycles. The van der Waals surface area contributed by atoms with Gasteiger partial charge in [-0.25, -0.2) is 0 Å². The number of rotatable bonds is 18. The van der Waals surface area contributed by atoms with Crippen molar-refractivity contribution in [1.82, 2.24) is 5.32 Å². The first-order valence-corrected chi connectivity index (χ1v) is 13.2. The minimum atomic E-state index is -2.99. The molecule has 0 radical (unpaired) electrons. The van der Waals surface area contributed by atoms with Crippen LogP contribution in [0.3, 0.4) is 0 Å². The van der Waals surface area contributed by atoms with Crippen molar-refractivity contribution in [3.8, 4) is 0 Å². The molecular weight excluding hydrogens is 370 g/mol. The molecule has 1 N–H and O–H groups in total. The molecule has 0 atom stereocenters. The smallest absolute Gasteiger partial charge is 0.377 e. The first kappa shape index (κ1) is 26.2. The molecular formula is C17H41NO6Si2. The first-order chi connectivity index (χ1) is 12.6. The van der Waals surface area contributed by atoms with Gasteiger partial charge in [-0.05, 0) is 25.9 Å². The lowest BCUT2D eigenvalue weighted by atomic mass is 10.1. The zero-order valence-electron chi connectivity index (χ0n) is 17.9. The molecule has 9 heteroatoms. The van der Waals surface area contributed by atoms with Crippen LogP contribution < -0.4 is 5.32 Å². The average Bonchev–Trinajstić information content (AvgIpc) is 2.69. The van der Waals surface area contributed by atoms with Gasteiger partial charge in [-0.2, -0.15) is 0 Å². The fourth-order valence-electron chi connectivity index (χ4n) is 3.33. The highest BCUT2D eigenvalue weighted by atomic mass is 28.5. The Kier molecular flexibility index (Phi) is 15.2. The van der Waals surface area contributed by atoms with Gasteiger partial charge in [0, 0.05) is 42.7 Å². The highest BCUT2D eigenvalue weighted by Gasteiger charge is 2.63. The van der Waals surface area contributed by atoms with Crippen LogP contribution >= 0.6 is 0 Å². The lowest BCUT2D eigenvalue weighted by Gasteiger charge is -2.39. The topological polar surface area (TPSA) is 67.4 Å². The van der Waals surface area contributed by atoms with E-state index in [0.717, 1.165) is 19.5 Å². The normalized spacial score (nSPS) is 12.9. The monoisotopic (exact) mass is 411 g/mol. The third-order valence-electron chi connectivity index (χ3n) is 4.88. The zero-order chi connectivity index (χ0) is 19.9. The summed E-state index contributed by atoms with van der Waals surface area (Å²) in [5.74, 6) is 0. The summed E-state index contributed by atoms with van der Waals surface area (Å²) >= 11 is 0. The van der Waals surface area contributed by atoms with Crippen molar-refractivity contribution >= 4 is 17.6 Å². The van der Waals surface area contributed by atoms with Gasteiger partial charge < -0.3 is 31.9 Å². The predicted molar refractivity (Wildman–Crippen MR) is 108 cm³/mol. The summed E-state index contributed by atoms with van der Waals surface area (Å²) in [4.78, 5) is 0. The summed E-state index contributed by atoms with van der Waals surface area (Å²) in [6.07, 6.45) is 8.48. The van der Waals surface area contributed by atoms with Crippen molar-refractivity contribution in [2.24, 2.45) is 0 Å². The van der Waals surface area contributed by atoms with Crippen LogP contribution in [0.5, 0.6) is 0 Å². The molecule has 0 aliphatic heterocycles. The predicted octanol–water partition coefficient (Wildman–Crippen LogP) is 2.99. The second-order valence-corrected chi connectivity index (χ2v) is 13.1. The van der Waals surface area contributed by atoms with Gasteiger partial charge in [0.15, 0.2) is 0 Å². The molecule has 0 aromatic carbocycles. The second-order valence-electron chi connectivity index (χ2n) is 6.29. The molecule has 0 unspecified atom stereocenters. The molecule has 0 heterocycles. The minimum Gasteiger partial charge on any atom is -0.377 e. The van der Waals surface area contributed by atoms with Gasteiger partial charge in [0.2, 0.25) is 0 Å². The summed E-state index contributed by atoms with van der Waals surface area (Å²) in [5.41, 5.74) is 0. The van der Waals surface area contributed by atoms with Crippen molar-refractivity contribution in [3.05, 3.63) is 0 Å². The van der Waals surface area contributed by atoms with E-state index in [1.165, 1.54) is 38.5 Å². The minimum absolute atomic E-state index is 0.202. The van der Waals surface area contributed by atoms with Crippen molar-refractivity contribution < 1.29 is 26.6 Å². The van der Waals surface area contributed by atoms with Crippen molar-refractivity contribution in [2.75, 3.05) is 55.7 Å². The van der Waals surface area contributed by atoms with E-state index in [1.807, 2.05) is 0 Å². The van der Waals surface area contributed by atoms with E-state index < -0.39 is 17.6 Å². The van der Waals surface area contributed by atoms with E-state index in [1.54, 1.807) is 42.7 Å². The van der Waals surface area contributed by atoms with Crippen molar-refractivity contribution in [1.29, 1.82) is 0 Å². The fraction of sp³-hybridized carbons (Fsp3) is 1.00. The molecule has 26 heavy (non-hydrogen) atoms. The molecule has 0 rings (SSSR count). The third-order valence-corrected chi connectivity index (χ3v) is 12.7. The average molecular weight is 412 g/mol. The Morgan fingerprint density at radius 1 is 0.615 bits per heavy atom. The fourth-order valence-corrected chi connectivity index (χ4v) is 10.9. The summed E-state index contributed by atoms with van der Waals surface area (Å²) in [7, 11) is 3.67. The van der Waals surface area contributed by atoms with E-state index in [9.17, 15) is 0 Å². The van der Waals surface area contributed by atoms with Gasteiger partial charge in [0.05, 0.1) is 0 Å². The maximum absolute atomic E-state index is 5.70. The molecule has 0 bridgehead atoms. The van der Waals surface area contributed by atoms with Crippen LogP contribution in [0.15, 0.2) is 0 Å². The lowest BCUT2D eigenvalue weighted by molar-refractivity contribution is 0.0783. The Morgan fingerprint density at radius 3 is 1.46 bits per heavy atom. The van der Waals surface area contributed by atoms with Crippen LogP contribution in [-0.2, 0) is 26.6 Å². The Morgan fingerprint density at radius 2 is 1.04 bits per heavy atom. The van der Waals surface area contributed by atoms with E-state index in [0.29, 0.717) is 0 Å². The van der Waals surface area contributed by atoms with E-state index in [2.05, 4.69) is 12.2 Å². The molecule has 0 fully saturated rings. The van der Waals surface area contributed by atoms with Crippen LogP contribution in [0.2, 0.25) is 5.16 Å². The number of unbranched alkanes of at least 4 members (excludes halogenated alkanes) is 5.